The molecule has 0 aromatic heterocycles. The van der Waals surface area contributed by atoms with Crippen molar-refractivity contribution >= 4 is 11.9 Å². The number of hydrogen-bond acceptors (Lipinski definition) is 5. The van der Waals surface area contributed by atoms with Gasteiger partial charge in [-0.05, 0) is 36.2 Å². The summed E-state index contributed by atoms with van der Waals surface area (Å²) in [7, 11) is 6.24. The predicted octanol–water partition coefficient (Wildman–Crippen LogP) is 2.66. The Morgan fingerprint density at radius 1 is 0.964 bits per heavy atom. The molecule has 0 heterocycles. The monoisotopic (exact) mass is 385 g/mol. The maximum absolute atomic E-state index is 11.8. The molecule has 0 aliphatic heterocycles. The Hall–Kier alpha value is -3.22. The van der Waals surface area contributed by atoms with E-state index >= 15 is 0 Å². The Balaban J connectivity index is 2.00. The van der Waals surface area contributed by atoms with E-state index in [1.807, 2.05) is 31.2 Å². The van der Waals surface area contributed by atoms with Gasteiger partial charge < -0.3 is 24.8 Å². The number of nitrogens with zero attached hydrogens (tertiary/aromatic N) is 1. The first-order valence-corrected chi connectivity index (χ1v) is 8.85. The molecule has 0 radical (unpaired) electrons. The van der Waals surface area contributed by atoms with Gasteiger partial charge in [-0.1, -0.05) is 18.2 Å². The van der Waals surface area contributed by atoms with E-state index in [4.69, 9.17) is 14.2 Å². The lowest BCUT2D eigenvalue weighted by molar-refractivity contribution is 0.0597. The van der Waals surface area contributed by atoms with Gasteiger partial charge in [0.1, 0.15) is 17.1 Å². The highest BCUT2D eigenvalue weighted by molar-refractivity contribution is 5.92. The predicted molar refractivity (Wildman–Crippen MR) is 109 cm³/mol. The van der Waals surface area contributed by atoms with E-state index in [1.165, 1.54) is 14.2 Å². The number of rotatable bonds is 7. The standard InChI is InChI=1S/C21H27N3O4/c1-14-6-8-16(18(10-14)26-3)13-24-21(22-2)23-12-15-7-9-17(20(25)28-5)19(11-15)27-4/h6-11H,12-13H2,1-5H3,(H2,22,23,24). The largest absolute Gasteiger partial charge is 0.496 e. The summed E-state index contributed by atoms with van der Waals surface area (Å²) in [5.74, 6) is 1.53. The maximum Gasteiger partial charge on any atom is 0.341 e. The van der Waals surface area contributed by atoms with E-state index in [0.717, 1.165) is 22.4 Å². The van der Waals surface area contributed by atoms with Gasteiger partial charge in [0.25, 0.3) is 0 Å². The summed E-state index contributed by atoms with van der Waals surface area (Å²) in [4.78, 5) is 16.0. The average molecular weight is 385 g/mol. The summed E-state index contributed by atoms with van der Waals surface area (Å²) in [5.41, 5.74) is 3.52. The Labute approximate surface area is 165 Å². The number of aliphatic imine (C=N–C) groups is 1. The first-order valence-electron chi connectivity index (χ1n) is 8.85. The lowest BCUT2D eigenvalue weighted by Gasteiger charge is -2.15. The van der Waals surface area contributed by atoms with Gasteiger partial charge in [-0.15, -0.1) is 0 Å². The van der Waals surface area contributed by atoms with Crippen LogP contribution in [0.15, 0.2) is 41.4 Å². The number of hydrogen-bond donors (Lipinski definition) is 2. The normalized spacial score (nSPS) is 11.0. The van der Waals surface area contributed by atoms with Crippen molar-refractivity contribution in [3.8, 4) is 11.5 Å². The molecule has 150 valence electrons. The lowest BCUT2D eigenvalue weighted by atomic mass is 10.1. The van der Waals surface area contributed by atoms with Crippen LogP contribution < -0.4 is 20.1 Å². The fraction of sp³-hybridized carbons (Fsp3) is 0.333. The zero-order valence-electron chi connectivity index (χ0n) is 17.0. The number of ether oxygens (including phenoxy) is 3. The molecular formula is C21H27N3O4. The van der Waals surface area contributed by atoms with Crippen molar-refractivity contribution in [2.75, 3.05) is 28.4 Å². The van der Waals surface area contributed by atoms with E-state index in [9.17, 15) is 4.79 Å². The molecule has 7 nitrogen and oxygen atoms in total. The second-order valence-electron chi connectivity index (χ2n) is 6.12. The minimum absolute atomic E-state index is 0.391. The zero-order valence-corrected chi connectivity index (χ0v) is 17.0. The Morgan fingerprint density at radius 3 is 2.32 bits per heavy atom. The van der Waals surface area contributed by atoms with Crippen LogP contribution in [0.25, 0.3) is 0 Å². The molecule has 0 atom stereocenters. The molecule has 2 N–H and O–H groups in total. The summed E-state index contributed by atoms with van der Waals surface area (Å²) in [6, 6.07) is 11.4. The number of carbonyl (C=O) groups excluding carboxylic acids is 1. The maximum atomic E-state index is 11.8. The quantitative estimate of drug-likeness (QED) is 0.433. The van der Waals surface area contributed by atoms with Crippen LogP contribution in [0.1, 0.15) is 27.0 Å². The molecule has 28 heavy (non-hydrogen) atoms. The van der Waals surface area contributed by atoms with Crippen molar-refractivity contribution < 1.29 is 19.0 Å². The smallest absolute Gasteiger partial charge is 0.341 e. The van der Waals surface area contributed by atoms with Crippen LogP contribution >= 0.6 is 0 Å². The number of aryl methyl sites for hydroxylation is 1. The Morgan fingerprint density at radius 2 is 1.68 bits per heavy atom. The molecule has 0 aliphatic rings. The summed E-state index contributed by atoms with van der Waals surface area (Å²) in [6.45, 7) is 3.12. The number of esters is 1. The van der Waals surface area contributed by atoms with Crippen LogP contribution in [-0.2, 0) is 17.8 Å². The van der Waals surface area contributed by atoms with Crippen molar-refractivity contribution in [2.45, 2.75) is 20.0 Å². The van der Waals surface area contributed by atoms with Crippen LogP contribution in [0, 0.1) is 6.92 Å². The first-order chi connectivity index (χ1) is 13.5. The summed E-state index contributed by atoms with van der Waals surface area (Å²) >= 11 is 0. The third kappa shape index (κ3) is 5.39. The van der Waals surface area contributed by atoms with E-state index in [-0.39, 0.29) is 0 Å². The highest BCUT2D eigenvalue weighted by Gasteiger charge is 2.13. The highest BCUT2D eigenvalue weighted by Crippen LogP contribution is 2.21. The van der Waals surface area contributed by atoms with E-state index < -0.39 is 5.97 Å². The van der Waals surface area contributed by atoms with Crippen LogP contribution in [0.3, 0.4) is 0 Å². The topological polar surface area (TPSA) is 81.2 Å². The van der Waals surface area contributed by atoms with Gasteiger partial charge in [0.2, 0.25) is 0 Å². The van der Waals surface area contributed by atoms with E-state index in [0.29, 0.717) is 30.4 Å². The number of carbonyl (C=O) groups is 1. The van der Waals surface area contributed by atoms with Crippen LogP contribution in [0.4, 0.5) is 0 Å². The van der Waals surface area contributed by atoms with Gasteiger partial charge in [0, 0.05) is 25.7 Å². The van der Waals surface area contributed by atoms with Crippen molar-refractivity contribution in [1.29, 1.82) is 0 Å². The molecule has 0 aliphatic carbocycles. The minimum atomic E-state index is -0.430. The average Bonchev–Trinajstić information content (AvgIpc) is 2.73. The number of benzene rings is 2. The molecule has 0 fully saturated rings. The van der Waals surface area contributed by atoms with Gasteiger partial charge in [0.05, 0.1) is 21.3 Å². The van der Waals surface area contributed by atoms with Gasteiger partial charge in [-0.2, -0.15) is 0 Å². The first kappa shape index (κ1) is 21.1. The molecule has 7 heteroatoms. The second-order valence-corrected chi connectivity index (χ2v) is 6.12. The van der Waals surface area contributed by atoms with Crippen molar-refractivity contribution in [3.05, 3.63) is 58.7 Å². The molecule has 0 amide bonds. The molecule has 2 aromatic carbocycles. The summed E-state index contributed by atoms with van der Waals surface area (Å²) in [5, 5.41) is 6.52. The third-order valence-corrected chi connectivity index (χ3v) is 4.24. The fourth-order valence-corrected chi connectivity index (χ4v) is 2.71. The van der Waals surface area contributed by atoms with Crippen molar-refractivity contribution in [3.63, 3.8) is 0 Å². The SMILES string of the molecule is CN=C(NCc1ccc(C(=O)OC)c(OC)c1)NCc1ccc(C)cc1OC. The second kappa shape index (κ2) is 10.2. The summed E-state index contributed by atoms with van der Waals surface area (Å²) in [6.07, 6.45) is 0. The molecular weight excluding hydrogens is 358 g/mol. The van der Waals surface area contributed by atoms with Gasteiger partial charge >= 0.3 is 5.97 Å². The zero-order chi connectivity index (χ0) is 20.5. The number of nitrogens with one attached hydrogen (secondary N) is 2. The molecule has 0 saturated carbocycles. The number of guanidine groups is 1. The molecule has 2 rings (SSSR count). The fourth-order valence-electron chi connectivity index (χ4n) is 2.71. The number of methoxy groups -OCH3 is 3. The Kier molecular flexibility index (Phi) is 7.68. The van der Waals surface area contributed by atoms with Gasteiger partial charge in [-0.25, -0.2) is 4.79 Å². The lowest BCUT2D eigenvalue weighted by Crippen LogP contribution is -2.36. The molecule has 0 bridgehead atoms. The third-order valence-electron chi connectivity index (χ3n) is 4.24. The van der Waals surface area contributed by atoms with Crippen LogP contribution in [0.5, 0.6) is 11.5 Å². The van der Waals surface area contributed by atoms with Crippen molar-refractivity contribution in [1.82, 2.24) is 10.6 Å². The van der Waals surface area contributed by atoms with Gasteiger partial charge in [0.15, 0.2) is 5.96 Å². The van der Waals surface area contributed by atoms with Crippen LogP contribution in [-0.4, -0.2) is 40.3 Å². The van der Waals surface area contributed by atoms with Gasteiger partial charge in [-0.3, -0.25) is 4.99 Å². The van der Waals surface area contributed by atoms with E-state index in [2.05, 4.69) is 15.6 Å². The highest BCUT2D eigenvalue weighted by atomic mass is 16.5. The molecule has 2 aromatic rings. The Bertz CT molecular complexity index is 850. The molecule has 0 saturated heterocycles. The molecule has 0 unspecified atom stereocenters. The van der Waals surface area contributed by atoms with Crippen molar-refractivity contribution in [2.24, 2.45) is 4.99 Å². The minimum Gasteiger partial charge on any atom is -0.496 e. The summed E-state index contributed by atoms with van der Waals surface area (Å²) < 4.78 is 15.5. The van der Waals surface area contributed by atoms with E-state index in [1.54, 1.807) is 26.3 Å². The van der Waals surface area contributed by atoms with Crippen LogP contribution in [0.2, 0.25) is 0 Å². The molecule has 0 spiro atoms.